The molecule has 0 spiro atoms. The smallest absolute Gasteiger partial charge is 0.0596 e. The van der Waals surface area contributed by atoms with Gasteiger partial charge in [0, 0.05) is 38.9 Å². The van der Waals surface area contributed by atoms with Gasteiger partial charge in [-0.25, -0.2) is 0 Å². The van der Waals surface area contributed by atoms with Gasteiger partial charge in [0.1, 0.15) is 0 Å². The van der Waals surface area contributed by atoms with Crippen LogP contribution in [0.4, 0.5) is 0 Å². The van der Waals surface area contributed by atoms with Crippen LogP contribution in [0.5, 0.6) is 0 Å². The van der Waals surface area contributed by atoms with E-state index in [0.717, 1.165) is 25.1 Å². The average molecular weight is 197 g/mol. The van der Waals surface area contributed by atoms with Gasteiger partial charge < -0.3 is 10.5 Å². The largest absolute Gasteiger partial charge is 0.385 e. The van der Waals surface area contributed by atoms with Crippen LogP contribution in [-0.2, 0) is 18.2 Å². The Labute approximate surface area is 85.0 Å². The van der Waals surface area contributed by atoms with Crippen LogP contribution in [0.2, 0.25) is 0 Å². The molecule has 0 aliphatic carbocycles. The van der Waals surface area contributed by atoms with E-state index in [1.165, 1.54) is 5.69 Å². The molecule has 0 fully saturated rings. The first-order chi connectivity index (χ1) is 6.63. The van der Waals surface area contributed by atoms with Crippen molar-refractivity contribution in [2.45, 2.75) is 25.8 Å². The van der Waals surface area contributed by atoms with Crippen molar-refractivity contribution in [1.82, 2.24) is 9.78 Å². The minimum Gasteiger partial charge on any atom is -0.385 e. The highest BCUT2D eigenvalue weighted by atomic mass is 16.5. The average Bonchev–Trinajstić information content (AvgIpc) is 2.42. The molecule has 0 aliphatic heterocycles. The van der Waals surface area contributed by atoms with Gasteiger partial charge in [0.2, 0.25) is 0 Å². The second-order valence-electron chi connectivity index (χ2n) is 3.65. The lowest BCUT2D eigenvalue weighted by atomic mass is 10.1. The molecule has 0 aromatic carbocycles. The fraction of sp³-hybridized carbons (Fsp3) is 0.700. The second kappa shape index (κ2) is 5.12. The van der Waals surface area contributed by atoms with Crippen LogP contribution in [0.3, 0.4) is 0 Å². The molecule has 1 unspecified atom stereocenters. The van der Waals surface area contributed by atoms with Crippen LogP contribution in [0.15, 0.2) is 6.07 Å². The third kappa shape index (κ3) is 3.12. The standard InChI is InChI=1S/C10H19N3O/c1-8-6-10(13(2)12-8)7-9(11)4-5-14-3/h6,9H,4-5,7,11H2,1-3H3. The number of hydrogen-bond acceptors (Lipinski definition) is 3. The van der Waals surface area contributed by atoms with Crippen LogP contribution in [0, 0.1) is 6.92 Å². The van der Waals surface area contributed by atoms with Crippen molar-refractivity contribution >= 4 is 0 Å². The topological polar surface area (TPSA) is 53.1 Å². The zero-order valence-electron chi connectivity index (χ0n) is 9.16. The lowest BCUT2D eigenvalue weighted by molar-refractivity contribution is 0.187. The van der Waals surface area contributed by atoms with Crippen molar-refractivity contribution in [1.29, 1.82) is 0 Å². The van der Waals surface area contributed by atoms with Gasteiger partial charge in [0.05, 0.1) is 5.69 Å². The molecule has 0 saturated heterocycles. The fourth-order valence-corrected chi connectivity index (χ4v) is 1.50. The SMILES string of the molecule is COCCC(N)Cc1cc(C)nn1C. The number of rotatable bonds is 5. The Morgan fingerprint density at radius 1 is 1.64 bits per heavy atom. The van der Waals surface area contributed by atoms with Gasteiger partial charge in [-0.15, -0.1) is 0 Å². The zero-order valence-corrected chi connectivity index (χ0v) is 9.16. The summed E-state index contributed by atoms with van der Waals surface area (Å²) < 4.78 is 6.87. The molecule has 1 heterocycles. The van der Waals surface area contributed by atoms with E-state index in [2.05, 4.69) is 11.2 Å². The predicted molar refractivity (Wildman–Crippen MR) is 56.1 cm³/mol. The molecule has 14 heavy (non-hydrogen) atoms. The van der Waals surface area contributed by atoms with Gasteiger partial charge in [0.25, 0.3) is 0 Å². The Morgan fingerprint density at radius 3 is 2.86 bits per heavy atom. The summed E-state index contributed by atoms with van der Waals surface area (Å²) >= 11 is 0. The third-order valence-corrected chi connectivity index (χ3v) is 2.26. The molecule has 0 bridgehead atoms. The summed E-state index contributed by atoms with van der Waals surface area (Å²) in [6.07, 6.45) is 1.75. The maximum Gasteiger partial charge on any atom is 0.0596 e. The molecule has 0 aliphatic rings. The number of aryl methyl sites for hydroxylation is 2. The van der Waals surface area contributed by atoms with Crippen LogP contribution < -0.4 is 5.73 Å². The summed E-state index contributed by atoms with van der Waals surface area (Å²) in [4.78, 5) is 0. The third-order valence-electron chi connectivity index (χ3n) is 2.26. The Bertz CT molecular complexity index is 283. The van der Waals surface area contributed by atoms with Crippen molar-refractivity contribution in [2.24, 2.45) is 12.8 Å². The summed E-state index contributed by atoms with van der Waals surface area (Å²) in [5.41, 5.74) is 8.18. The summed E-state index contributed by atoms with van der Waals surface area (Å²) in [7, 11) is 3.65. The quantitative estimate of drug-likeness (QED) is 0.753. The highest BCUT2D eigenvalue weighted by molar-refractivity contribution is 5.09. The van der Waals surface area contributed by atoms with E-state index in [0.29, 0.717) is 0 Å². The van der Waals surface area contributed by atoms with Gasteiger partial charge in [-0.3, -0.25) is 4.68 Å². The van der Waals surface area contributed by atoms with Crippen molar-refractivity contribution < 1.29 is 4.74 Å². The lowest BCUT2D eigenvalue weighted by Gasteiger charge is -2.10. The molecule has 4 heteroatoms. The molecule has 80 valence electrons. The number of aromatic nitrogens is 2. The minimum absolute atomic E-state index is 0.157. The summed E-state index contributed by atoms with van der Waals surface area (Å²) in [5, 5.41) is 4.27. The Kier molecular flexibility index (Phi) is 4.10. The minimum atomic E-state index is 0.157. The number of nitrogens with two attached hydrogens (primary N) is 1. The van der Waals surface area contributed by atoms with E-state index in [-0.39, 0.29) is 6.04 Å². The number of hydrogen-bond donors (Lipinski definition) is 1. The van der Waals surface area contributed by atoms with E-state index in [1.807, 2.05) is 18.7 Å². The van der Waals surface area contributed by atoms with Crippen molar-refractivity contribution in [3.8, 4) is 0 Å². The molecule has 0 radical (unpaired) electrons. The van der Waals surface area contributed by atoms with Gasteiger partial charge in [-0.2, -0.15) is 5.10 Å². The Balaban J connectivity index is 2.47. The first-order valence-electron chi connectivity index (χ1n) is 4.87. The highest BCUT2D eigenvalue weighted by Crippen LogP contribution is 2.05. The highest BCUT2D eigenvalue weighted by Gasteiger charge is 2.07. The predicted octanol–water partition coefficient (Wildman–Crippen LogP) is 0.635. The van der Waals surface area contributed by atoms with Crippen LogP contribution in [0.25, 0.3) is 0 Å². The summed E-state index contributed by atoms with van der Waals surface area (Å²) in [6, 6.07) is 2.23. The summed E-state index contributed by atoms with van der Waals surface area (Å²) in [5.74, 6) is 0. The molecule has 1 rings (SSSR count). The van der Waals surface area contributed by atoms with Crippen molar-refractivity contribution in [3.05, 3.63) is 17.5 Å². The van der Waals surface area contributed by atoms with Gasteiger partial charge in [-0.1, -0.05) is 0 Å². The first kappa shape index (κ1) is 11.2. The molecule has 2 N–H and O–H groups in total. The van der Waals surface area contributed by atoms with E-state index in [1.54, 1.807) is 7.11 Å². The number of methoxy groups -OCH3 is 1. The van der Waals surface area contributed by atoms with Crippen LogP contribution >= 0.6 is 0 Å². The lowest BCUT2D eigenvalue weighted by Crippen LogP contribution is -2.25. The van der Waals surface area contributed by atoms with E-state index in [4.69, 9.17) is 10.5 Å². The fourth-order valence-electron chi connectivity index (χ4n) is 1.50. The maximum atomic E-state index is 5.95. The Hall–Kier alpha value is -0.870. The van der Waals surface area contributed by atoms with Gasteiger partial charge in [0.15, 0.2) is 0 Å². The molecule has 4 nitrogen and oxygen atoms in total. The number of nitrogens with zero attached hydrogens (tertiary/aromatic N) is 2. The second-order valence-corrected chi connectivity index (χ2v) is 3.65. The normalized spacial score (nSPS) is 13.1. The van der Waals surface area contributed by atoms with Crippen LogP contribution in [-0.4, -0.2) is 29.5 Å². The molecule has 1 aromatic rings. The number of ether oxygens (including phenoxy) is 1. The molecule has 0 saturated carbocycles. The van der Waals surface area contributed by atoms with Gasteiger partial charge in [-0.05, 0) is 19.4 Å². The molecule has 1 atom stereocenters. The maximum absolute atomic E-state index is 5.95. The van der Waals surface area contributed by atoms with Crippen LogP contribution in [0.1, 0.15) is 17.8 Å². The molecule has 0 amide bonds. The van der Waals surface area contributed by atoms with E-state index in [9.17, 15) is 0 Å². The van der Waals surface area contributed by atoms with E-state index < -0.39 is 0 Å². The van der Waals surface area contributed by atoms with Crippen molar-refractivity contribution in [2.75, 3.05) is 13.7 Å². The van der Waals surface area contributed by atoms with E-state index >= 15 is 0 Å². The summed E-state index contributed by atoms with van der Waals surface area (Å²) in [6.45, 7) is 2.71. The van der Waals surface area contributed by atoms with Gasteiger partial charge >= 0.3 is 0 Å². The molecule has 1 aromatic heterocycles. The monoisotopic (exact) mass is 197 g/mol. The van der Waals surface area contributed by atoms with Crippen molar-refractivity contribution in [3.63, 3.8) is 0 Å². The molecular weight excluding hydrogens is 178 g/mol. The Morgan fingerprint density at radius 2 is 2.36 bits per heavy atom. The first-order valence-corrected chi connectivity index (χ1v) is 4.87. The molecular formula is C10H19N3O. The zero-order chi connectivity index (χ0) is 10.6.